The number of rotatable bonds is 20. The number of carboxylic acids is 1. The Hall–Kier alpha value is -8.63. The van der Waals surface area contributed by atoms with Gasteiger partial charge in [0.25, 0.3) is 0 Å². The Kier molecular flexibility index (Phi) is 19.8. The van der Waals surface area contributed by atoms with Crippen LogP contribution in [-0.2, 0) is 52.3 Å². The third kappa shape index (κ3) is 14.8. The average molecular weight is 1200 g/mol. The van der Waals surface area contributed by atoms with E-state index >= 15 is 0 Å². The standard InChI is InChI=1S/C55H56O30/c1-75-33-12-23(4-9-28(33)58)6-11-40(64)76-19-35-43(67)47(71)50(74)54(83-35)85-52-48(72)45(69)37(20-77-39(63)10-5-22-2-7-25(56)8-3-22)84-55(52)81-34-17-27-31(79-51(34)24-13-29(59)42(66)30(60)14-24)15-26(57)16-32(27)80-53-49(73)46(70)44(68)36(82-53)21-78-41(65)18-38(61)62/h2-17,35-37,43-50,52-55,67-74H,18-21H2,1H3,(H6-,56,57,58,59,60,61,62,63,64,66)/p+1/t35?,36?,37?,43-,44-,45-,46+,47+,48+,49?,50?,52?,53-,54+,55-/m1/s1. The Balaban J connectivity index is 1.14. The number of phenols is 6. The molecule has 3 aliphatic heterocycles. The van der Waals surface area contributed by atoms with E-state index in [2.05, 4.69) is 0 Å². The Bertz CT molecular complexity index is 3250. The molecule has 4 aromatic carbocycles. The van der Waals surface area contributed by atoms with E-state index in [-0.39, 0.29) is 33.8 Å². The van der Waals surface area contributed by atoms with Gasteiger partial charge in [-0.3, -0.25) is 9.59 Å². The summed E-state index contributed by atoms with van der Waals surface area (Å²) >= 11 is 0. The number of ether oxygens (including phenoxy) is 10. The molecule has 85 heavy (non-hydrogen) atoms. The van der Waals surface area contributed by atoms with Crippen molar-refractivity contribution in [2.24, 2.45) is 0 Å². The van der Waals surface area contributed by atoms with Crippen molar-refractivity contribution in [1.29, 1.82) is 0 Å². The number of fused-ring (bicyclic) bond motifs is 1. The van der Waals surface area contributed by atoms with Crippen LogP contribution in [0.3, 0.4) is 0 Å². The Labute approximate surface area is 478 Å². The van der Waals surface area contributed by atoms with Crippen LogP contribution in [0.2, 0.25) is 0 Å². The lowest BCUT2D eigenvalue weighted by atomic mass is 9.97. The molecule has 0 saturated carbocycles. The maximum Gasteiger partial charge on any atom is 0.402 e. The first-order valence-corrected chi connectivity index (χ1v) is 25.4. The highest BCUT2D eigenvalue weighted by Gasteiger charge is 2.53. The van der Waals surface area contributed by atoms with Crippen molar-refractivity contribution in [3.8, 4) is 63.1 Å². The fourth-order valence-electron chi connectivity index (χ4n) is 8.78. The van der Waals surface area contributed by atoms with E-state index in [9.17, 15) is 90.7 Å². The molecule has 6 unspecified atom stereocenters. The zero-order valence-electron chi connectivity index (χ0n) is 44.1. The van der Waals surface area contributed by atoms with Gasteiger partial charge < -0.3 is 124 Å². The molecule has 3 fully saturated rings. The van der Waals surface area contributed by atoms with Crippen molar-refractivity contribution in [3.63, 3.8) is 0 Å². The van der Waals surface area contributed by atoms with Crippen molar-refractivity contribution in [3.05, 3.63) is 96.1 Å². The predicted octanol–water partition coefficient (Wildman–Crippen LogP) is -0.641. The van der Waals surface area contributed by atoms with Gasteiger partial charge in [0.2, 0.25) is 18.3 Å². The van der Waals surface area contributed by atoms with Gasteiger partial charge in [-0.15, -0.1) is 0 Å². The largest absolute Gasteiger partial charge is 0.508 e. The number of methoxy groups -OCH3 is 1. The molecule has 3 aliphatic rings. The minimum atomic E-state index is -2.24. The summed E-state index contributed by atoms with van der Waals surface area (Å²) in [4.78, 5) is 48.9. The number of esters is 3. The van der Waals surface area contributed by atoms with Crippen LogP contribution < -0.4 is 14.2 Å². The highest BCUT2D eigenvalue weighted by molar-refractivity contribution is 5.91. The summed E-state index contributed by atoms with van der Waals surface area (Å²) in [6.07, 6.45) is -26.9. The summed E-state index contributed by atoms with van der Waals surface area (Å²) in [6.45, 7) is -2.53. The van der Waals surface area contributed by atoms with Gasteiger partial charge in [0.05, 0.1) is 18.7 Å². The second kappa shape index (κ2) is 27.0. The molecule has 0 aliphatic carbocycles. The number of phenolic OH excluding ortho intramolecular Hbond substituents is 6. The second-order valence-corrected chi connectivity index (χ2v) is 19.3. The number of aliphatic carboxylic acids is 1. The molecule has 0 amide bonds. The van der Waals surface area contributed by atoms with Crippen LogP contribution in [0, 0.1) is 0 Å². The number of aliphatic hydroxyl groups excluding tert-OH is 8. The smallest absolute Gasteiger partial charge is 0.402 e. The van der Waals surface area contributed by atoms with Gasteiger partial charge in [0, 0.05) is 36.4 Å². The summed E-state index contributed by atoms with van der Waals surface area (Å²) < 4.78 is 62.6. The molecule has 15 N–H and O–H groups in total. The van der Waals surface area contributed by atoms with E-state index in [1.165, 1.54) is 61.7 Å². The number of carboxylic acid groups (broad SMARTS) is 1. The zero-order valence-corrected chi connectivity index (χ0v) is 44.1. The summed E-state index contributed by atoms with van der Waals surface area (Å²) in [7, 11) is 1.31. The van der Waals surface area contributed by atoms with Gasteiger partial charge in [0.15, 0.2) is 41.1 Å². The zero-order chi connectivity index (χ0) is 61.6. The van der Waals surface area contributed by atoms with Gasteiger partial charge in [-0.1, -0.05) is 18.2 Å². The molecule has 3 saturated heterocycles. The first-order valence-electron chi connectivity index (χ1n) is 25.4. The first-order chi connectivity index (χ1) is 40.4. The minimum absolute atomic E-state index is 0.0552. The van der Waals surface area contributed by atoms with Gasteiger partial charge >= 0.3 is 35.2 Å². The number of carbonyl (C=O) groups is 4. The minimum Gasteiger partial charge on any atom is -0.508 e. The fourth-order valence-corrected chi connectivity index (χ4v) is 8.78. The van der Waals surface area contributed by atoms with E-state index in [0.717, 1.165) is 42.5 Å². The van der Waals surface area contributed by atoms with Gasteiger partial charge in [0.1, 0.15) is 116 Å². The molecule has 0 radical (unpaired) electrons. The lowest BCUT2D eigenvalue weighted by Gasteiger charge is -2.45. The van der Waals surface area contributed by atoms with Crippen molar-refractivity contribution < 1.29 is 148 Å². The molecule has 0 bridgehead atoms. The lowest BCUT2D eigenvalue weighted by Crippen LogP contribution is -2.65. The maximum atomic E-state index is 13.0. The van der Waals surface area contributed by atoms with E-state index in [1.807, 2.05) is 0 Å². The van der Waals surface area contributed by atoms with E-state index in [1.54, 1.807) is 0 Å². The van der Waals surface area contributed by atoms with Crippen LogP contribution in [0.15, 0.2) is 89.4 Å². The molecular formula is C55H57O30+. The Morgan fingerprint density at radius 1 is 0.529 bits per heavy atom. The normalized spacial score (nSPS) is 27.8. The molecule has 30 heteroatoms. The van der Waals surface area contributed by atoms with Gasteiger partial charge in [-0.2, -0.15) is 0 Å². The van der Waals surface area contributed by atoms with Crippen LogP contribution in [-0.4, -0.2) is 220 Å². The average Bonchev–Trinajstić information content (AvgIpc) is 1.95. The van der Waals surface area contributed by atoms with Crippen LogP contribution in [0.5, 0.6) is 51.7 Å². The molecule has 15 atom stereocenters. The predicted molar refractivity (Wildman–Crippen MR) is 279 cm³/mol. The van der Waals surface area contributed by atoms with Crippen LogP contribution in [0.4, 0.5) is 0 Å². The number of hydrogen-bond donors (Lipinski definition) is 15. The summed E-state index contributed by atoms with van der Waals surface area (Å²) in [6, 6.07) is 14.5. The summed E-state index contributed by atoms with van der Waals surface area (Å²) in [5, 5.41) is 160. The highest BCUT2D eigenvalue weighted by Crippen LogP contribution is 2.46. The van der Waals surface area contributed by atoms with Crippen molar-refractivity contribution >= 4 is 47.0 Å². The topological polar surface area (TPSA) is 475 Å². The SMILES string of the molecule is COc1cc(/C=C/C(=O)OCC2O[C@@H](OC3[C@H](Oc4cc5c(O[C@@H]6OC(COC(=O)CC(=O)O)[C@@H](O)[C@H](O)C6O)cc(O)cc5[o+]c4-c4cc(O)c(O)c(O)c4)OC(COC(=O)/C=C/c4ccc(O)cc4)[C@@H](O)[C@@H]3O)C(O)[C@@H](O)[C@@H]2O)ccc1O. The molecule has 8 rings (SSSR count). The van der Waals surface area contributed by atoms with Crippen LogP contribution >= 0.6 is 0 Å². The number of hydrogen-bond acceptors (Lipinski definition) is 28. The summed E-state index contributed by atoms with van der Waals surface area (Å²) in [5.41, 5.74) is 0.167. The maximum absolute atomic E-state index is 13.0. The fraction of sp³-hybridized carbons (Fsp3) is 0.364. The van der Waals surface area contributed by atoms with Crippen LogP contribution in [0.25, 0.3) is 34.4 Å². The highest BCUT2D eigenvalue weighted by atomic mass is 16.8. The Morgan fingerprint density at radius 2 is 1.06 bits per heavy atom. The number of carbonyl (C=O) groups excluding carboxylic acids is 3. The number of aliphatic hydroxyl groups is 8. The first kappa shape index (κ1) is 62.4. The molecule has 30 nitrogen and oxygen atoms in total. The van der Waals surface area contributed by atoms with Gasteiger partial charge in [-0.25, -0.2) is 14.0 Å². The second-order valence-electron chi connectivity index (χ2n) is 19.3. The Morgan fingerprint density at radius 3 is 1.66 bits per heavy atom. The lowest BCUT2D eigenvalue weighted by molar-refractivity contribution is -0.358. The van der Waals surface area contributed by atoms with Crippen LogP contribution in [0.1, 0.15) is 17.5 Å². The molecule has 1 aromatic heterocycles. The van der Waals surface area contributed by atoms with E-state index in [0.29, 0.717) is 11.1 Å². The van der Waals surface area contributed by atoms with Crippen molar-refractivity contribution in [2.45, 2.75) is 98.5 Å². The van der Waals surface area contributed by atoms with E-state index < -0.39 is 182 Å². The molecule has 456 valence electrons. The molecule has 5 aromatic rings. The van der Waals surface area contributed by atoms with Gasteiger partial charge in [-0.05, 0) is 47.5 Å². The van der Waals surface area contributed by atoms with Crippen molar-refractivity contribution in [2.75, 3.05) is 26.9 Å². The van der Waals surface area contributed by atoms with Crippen molar-refractivity contribution in [1.82, 2.24) is 0 Å². The quantitative estimate of drug-likeness (QED) is 0.0115. The third-order valence-electron chi connectivity index (χ3n) is 13.3. The molecule has 4 heterocycles. The summed E-state index contributed by atoms with van der Waals surface area (Å²) in [5.74, 6) is -10.1. The number of aromatic hydroxyl groups is 6. The third-order valence-corrected chi connectivity index (χ3v) is 13.3. The van der Waals surface area contributed by atoms with E-state index in [4.69, 9.17) is 56.9 Å². The molecule has 0 spiro atoms. The number of benzene rings is 4. The molecular weight excluding hydrogens is 1140 g/mol. The monoisotopic (exact) mass is 1200 g/mol.